The van der Waals surface area contributed by atoms with Crippen LogP contribution < -0.4 is 5.32 Å². The summed E-state index contributed by atoms with van der Waals surface area (Å²) in [7, 11) is 0. The first-order valence-corrected chi connectivity index (χ1v) is 7.92. The van der Waals surface area contributed by atoms with Crippen molar-refractivity contribution in [2.75, 3.05) is 6.54 Å². The number of benzene rings is 1. The van der Waals surface area contributed by atoms with Crippen molar-refractivity contribution in [2.45, 2.75) is 25.2 Å². The molecule has 1 saturated carbocycles. The number of likely N-dealkylation sites (N-methyl/N-ethyl adjacent to an activating group) is 1. The molecule has 1 fully saturated rings. The summed E-state index contributed by atoms with van der Waals surface area (Å²) in [4.78, 5) is 16.8. The van der Waals surface area contributed by atoms with Gasteiger partial charge < -0.3 is 5.32 Å². The Morgan fingerprint density at radius 1 is 1.40 bits per heavy atom. The fourth-order valence-electron chi connectivity index (χ4n) is 2.24. The SMILES string of the molecule is CCNC(=O)C1(c2nc(-c3ccc(Cl)cc3)cs2)CC1. The standard InChI is InChI=1S/C15H15ClN2OS/c1-2-17-13(19)15(7-8-15)14-18-12(9-20-14)10-3-5-11(16)6-4-10/h3-6,9H,2,7-8H2,1H3,(H,17,19). The maximum absolute atomic E-state index is 12.2. The molecule has 0 atom stereocenters. The second-order valence-electron chi connectivity index (χ2n) is 4.99. The van der Waals surface area contributed by atoms with E-state index in [1.807, 2.05) is 36.6 Å². The van der Waals surface area contributed by atoms with Crippen molar-refractivity contribution < 1.29 is 4.79 Å². The molecule has 3 rings (SSSR count). The minimum Gasteiger partial charge on any atom is -0.356 e. The van der Waals surface area contributed by atoms with E-state index in [0.29, 0.717) is 11.6 Å². The topological polar surface area (TPSA) is 42.0 Å². The van der Waals surface area contributed by atoms with Gasteiger partial charge in [-0.1, -0.05) is 23.7 Å². The third kappa shape index (κ3) is 2.34. The zero-order chi connectivity index (χ0) is 14.2. The number of hydrogen-bond donors (Lipinski definition) is 1. The molecular formula is C15H15ClN2OS. The summed E-state index contributed by atoms with van der Waals surface area (Å²) in [5.74, 6) is 0.108. The number of nitrogens with one attached hydrogen (secondary N) is 1. The van der Waals surface area contributed by atoms with Gasteiger partial charge in [-0.15, -0.1) is 11.3 Å². The lowest BCUT2D eigenvalue weighted by molar-refractivity contribution is -0.123. The Bertz CT molecular complexity index is 632. The van der Waals surface area contributed by atoms with Crippen LogP contribution in [0.2, 0.25) is 5.02 Å². The fraction of sp³-hybridized carbons (Fsp3) is 0.333. The highest BCUT2D eigenvalue weighted by Gasteiger charge is 2.53. The Morgan fingerprint density at radius 3 is 2.70 bits per heavy atom. The van der Waals surface area contributed by atoms with Gasteiger partial charge in [0.25, 0.3) is 0 Å². The summed E-state index contributed by atoms with van der Waals surface area (Å²) in [6.07, 6.45) is 1.79. The summed E-state index contributed by atoms with van der Waals surface area (Å²) in [6.45, 7) is 2.60. The zero-order valence-corrected chi connectivity index (χ0v) is 12.7. The van der Waals surface area contributed by atoms with E-state index in [2.05, 4.69) is 10.3 Å². The van der Waals surface area contributed by atoms with Crippen molar-refractivity contribution in [3.63, 3.8) is 0 Å². The van der Waals surface area contributed by atoms with Gasteiger partial charge in [-0.2, -0.15) is 0 Å². The molecule has 1 aromatic carbocycles. The molecule has 1 aliphatic carbocycles. The second-order valence-corrected chi connectivity index (χ2v) is 6.28. The maximum Gasteiger partial charge on any atom is 0.233 e. The van der Waals surface area contributed by atoms with Crippen LogP contribution in [-0.2, 0) is 10.2 Å². The molecular weight excluding hydrogens is 292 g/mol. The predicted molar refractivity (Wildman–Crippen MR) is 82.2 cm³/mol. The van der Waals surface area contributed by atoms with Crippen LogP contribution in [0.15, 0.2) is 29.6 Å². The molecule has 20 heavy (non-hydrogen) atoms. The second kappa shape index (κ2) is 5.19. The molecule has 1 amide bonds. The molecule has 0 saturated heterocycles. The van der Waals surface area contributed by atoms with Crippen LogP contribution in [0.4, 0.5) is 0 Å². The first kappa shape index (κ1) is 13.6. The highest BCUT2D eigenvalue weighted by molar-refractivity contribution is 7.10. The number of nitrogens with zero attached hydrogens (tertiary/aromatic N) is 1. The van der Waals surface area contributed by atoms with Crippen molar-refractivity contribution in [2.24, 2.45) is 0 Å². The van der Waals surface area contributed by atoms with Crippen molar-refractivity contribution >= 4 is 28.8 Å². The van der Waals surface area contributed by atoms with Crippen molar-refractivity contribution in [1.29, 1.82) is 0 Å². The minimum atomic E-state index is -0.370. The Hall–Kier alpha value is -1.39. The lowest BCUT2D eigenvalue weighted by Gasteiger charge is -2.11. The Balaban J connectivity index is 1.87. The monoisotopic (exact) mass is 306 g/mol. The van der Waals surface area contributed by atoms with Gasteiger partial charge in [0.05, 0.1) is 5.69 Å². The fourth-order valence-corrected chi connectivity index (χ4v) is 3.45. The molecule has 1 aromatic heterocycles. The molecule has 2 aromatic rings. The smallest absolute Gasteiger partial charge is 0.233 e. The van der Waals surface area contributed by atoms with E-state index in [4.69, 9.17) is 11.6 Å². The summed E-state index contributed by atoms with van der Waals surface area (Å²) in [6, 6.07) is 7.61. The minimum absolute atomic E-state index is 0.108. The predicted octanol–water partition coefficient (Wildman–Crippen LogP) is 3.63. The molecule has 5 heteroatoms. The molecule has 0 aliphatic heterocycles. The third-order valence-corrected chi connectivity index (χ3v) is 4.87. The molecule has 0 bridgehead atoms. The molecule has 1 heterocycles. The van der Waals surface area contributed by atoms with E-state index >= 15 is 0 Å². The van der Waals surface area contributed by atoms with Crippen molar-refractivity contribution in [3.8, 4) is 11.3 Å². The summed E-state index contributed by atoms with van der Waals surface area (Å²) in [5, 5.41) is 6.56. The van der Waals surface area contributed by atoms with E-state index in [1.54, 1.807) is 11.3 Å². The van der Waals surface area contributed by atoms with Gasteiger partial charge in [0, 0.05) is 22.5 Å². The molecule has 3 nitrogen and oxygen atoms in total. The van der Waals surface area contributed by atoms with Gasteiger partial charge in [-0.25, -0.2) is 4.98 Å². The number of carbonyl (C=O) groups excluding carboxylic acids is 1. The van der Waals surface area contributed by atoms with Gasteiger partial charge in [0.2, 0.25) is 5.91 Å². The van der Waals surface area contributed by atoms with Crippen LogP contribution in [0, 0.1) is 0 Å². The largest absolute Gasteiger partial charge is 0.356 e. The van der Waals surface area contributed by atoms with E-state index in [-0.39, 0.29) is 11.3 Å². The van der Waals surface area contributed by atoms with Crippen LogP contribution in [0.5, 0.6) is 0 Å². The molecule has 0 spiro atoms. The van der Waals surface area contributed by atoms with E-state index in [1.165, 1.54) is 0 Å². The Kier molecular flexibility index (Phi) is 3.52. The van der Waals surface area contributed by atoms with Gasteiger partial charge in [-0.05, 0) is 31.9 Å². The number of carbonyl (C=O) groups is 1. The number of amides is 1. The van der Waals surface area contributed by atoms with Gasteiger partial charge in [0.15, 0.2) is 0 Å². The first-order valence-electron chi connectivity index (χ1n) is 6.66. The average molecular weight is 307 g/mol. The van der Waals surface area contributed by atoms with Crippen LogP contribution in [0.25, 0.3) is 11.3 Å². The lowest BCUT2D eigenvalue weighted by atomic mass is 10.1. The first-order chi connectivity index (χ1) is 9.65. The van der Waals surface area contributed by atoms with Gasteiger partial charge in [-0.3, -0.25) is 4.79 Å². The summed E-state index contributed by atoms with van der Waals surface area (Å²) < 4.78 is 0. The van der Waals surface area contributed by atoms with Crippen LogP contribution in [-0.4, -0.2) is 17.4 Å². The number of halogens is 1. The van der Waals surface area contributed by atoms with E-state index in [9.17, 15) is 4.79 Å². The van der Waals surface area contributed by atoms with E-state index < -0.39 is 0 Å². The number of aromatic nitrogens is 1. The molecule has 1 aliphatic rings. The van der Waals surface area contributed by atoms with Crippen molar-refractivity contribution in [1.82, 2.24) is 10.3 Å². The molecule has 0 radical (unpaired) electrons. The number of rotatable bonds is 4. The van der Waals surface area contributed by atoms with Crippen LogP contribution in [0.1, 0.15) is 24.8 Å². The summed E-state index contributed by atoms with van der Waals surface area (Å²) >= 11 is 7.46. The number of hydrogen-bond acceptors (Lipinski definition) is 3. The Morgan fingerprint density at radius 2 is 2.10 bits per heavy atom. The lowest BCUT2D eigenvalue weighted by Crippen LogP contribution is -2.34. The van der Waals surface area contributed by atoms with E-state index in [0.717, 1.165) is 29.1 Å². The summed E-state index contributed by atoms with van der Waals surface area (Å²) in [5.41, 5.74) is 1.58. The molecule has 104 valence electrons. The quantitative estimate of drug-likeness (QED) is 0.937. The molecule has 1 N–H and O–H groups in total. The highest BCUT2D eigenvalue weighted by Crippen LogP contribution is 2.50. The Labute approximate surface area is 127 Å². The van der Waals surface area contributed by atoms with Crippen molar-refractivity contribution in [3.05, 3.63) is 39.7 Å². The zero-order valence-electron chi connectivity index (χ0n) is 11.1. The van der Waals surface area contributed by atoms with Gasteiger partial charge >= 0.3 is 0 Å². The van der Waals surface area contributed by atoms with Gasteiger partial charge in [0.1, 0.15) is 10.4 Å². The third-order valence-electron chi connectivity index (χ3n) is 3.58. The molecule has 0 unspecified atom stereocenters. The normalized spacial score (nSPS) is 15.9. The van der Waals surface area contributed by atoms with Crippen LogP contribution in [0.3, 0.4) is 0 Å². The highest BCUT2D eigenvalue weighted by atomic mass is 35.5. The maximum atomic E-state index is 12.2. The average Bonchev–Trinajstić information content (AvgIpc) is 3.12. The van der Waals surface area contributed by atoms with Crippen LogP contribution >= 0.6 is 22.9 Å². The number of thiazole rings is 1.